The van der Waals surface area contributed by atoms with E-state index in [0.29, 0.717) is 28.8 Å². The van der Waals surface area contributed by atoms with Gasteiger partial charge >= 0.3 is 0 Å². The van der Waals surface area contributed by atoms with Crippen molar-refractivity contribution in [1.82, 2.24) is 4.90 Å². The highest BCUT2D eigenvalue weighted by Crippen LogP contribution is 2.35. The molecule has 0 bridgehead atoms. The predicted octanol–water partition coefficient (Wildman–Crippen LogP) is 3.56. The molecular formula is C17H25ClN2O3. The summed E-state index contributed by atoms with van der Waals surface area (Å²) in [6.07, 6.45) is 6.12. The van der Waals surface area contributed by atoms with Crippen LogP contribution in [0, 0.1) is 0 Å². The maximum Gasteiger partial charge on any atom is 0.238 e. The third-order valence-electron chi connectivity index (χ3n) is 4.06. The van der Waals surface area contributed by atoms with Gasteiger partial charge in [0.15, 0.2) is 0 Å². The van der Waals surface area contributed by atoms with E-state index >= 15 is 0 Å². The summed E-state index contributed by atoms with van der Waals surface area (Å²) in [5.41, 5.74) is 0.565. The van der Waals surface area contributed by atoms with Crippen LogP contribution in [0.25, 0.3) is 0 Å². The van der Waals surface area contributed by atoms with Crippen molar-refractivity contribution in [3.63, 3.8) is 0 Å². The molecule has 0 spiro atoms. The second-order valence-corrected chi connectivity index (χ2v) is 6.19. The molecule has 1 aromatic rings. The number of nitrogens with zero attached hydrogens (tertiary/aromatic N) is 1. The maximum atomic E-state index is 12.3. The molecule has 1 aliphatic heterocycles. The number of carbonyl (C=O) groups excluding carboxylic acids is 1. The molecule has 1 saturated heterocycles. The molecule has 6 heteroatoms. The van der Waals surface area contributed by atoms with E-state index in [0.717, 1.165) is 25.9 Å². The standard InChI is InChI=1S/C17H25ClN2O3/c1-22-15-11-16(23-2)14(10-13(15)18)19-17(21)12-20-8-6-4-3-5-7-9-20/h10-11H,3-9,12H2,1-2H3,(H,19,21). The van der Waals surface area contributed by atoms with Gasteiger partial charge in [-0.05, 0) is 32.0 Å². The fourth-order valence-electron chi connectivity index (χ4n) is 2.82. The lowest BCUT2D eigenvalue weighted by Gasteiger charge is -2.24. The molecule has 5 nitrogen and oxygen atoms in total. The van der Waals surface area contributed by atoms with Crippen molar-refractivity contribution in [3.8, 4) is 11.5 Å². The molecule has 1 N–H and O–H groups in total. The third-order valence-corrected chi connectivity index (χ3v) is 4.36. The molecule has 1 heterocycles. The lowest BCUT2D eigenvalue weighted by molar-refractivity contribution is -0.117. The number of hydrogen-bond acceptors (Lipinski definition) is 4. The lowest BCUT2D eigenvalue weighted by atomic mass is 10.1. The van der Waals surface area contributed by atoms with Crippen LogP contribution >= 0.6 is 11.6 Å². The van der Waals surface area contributed by atoms with Crippen LogP contribution in [0.3, 0.4) is 0 Å². The monoisotopic (exact) mass is 340 g/mol. The Kier molecular flexibility index (Phi) is 6.99. The largest absolute Gasteiger partial charge is 0.495 e. The number of ether oxygens (including phenoxy) is 2. The molecule has 0 unspecified atom stereocenters. The van der Waals surface area contributed by atoms with Gasteiger partial charge in [0, 0.05) is 6.07 Å². The highest BCUT2D eigenvalue weighted by Gasteiger charge is 2.15. The molecule has 128 valence electrons. The number of rotatable bonds is 5. The fourth-order valence-corrected chi connectivity index (χ4v) is 3.06. The van der Waals surface area contributed by atoms with E-state index in [1.54, 1.807) is 26.4 Å². The van der Waals surface area contributed by atoms with Crippen molar-refractivity contribution >= 4 is 23.2 Å². The molecule has 0 saturated carbocycles. The summed E-state index contributed by atoms with van der Waals surface area (Å²) in [6.45, 7) is 2.36. The van der Waals surface area contributed by atoms with Crippen molar-refractivity contribution in [2.24, 2.45) is 0 Å². The van der Waals surface area contributed by atoms with Crippen LogP contribution in [0.15, 0.2) is 12.1 Å². The zero-order valence-electron chi connectivity index (χ0n) is 13.9. The molecule has 0 aliphatic carbocycles. The topological polar surface area (TPSA) is 50.8 Å². The Bertz CT molecular complexity index is 529. The number of amides is 1. The van der Waals surface area contributed by atoms with E-state index < -0.39 is 0 Å². The molecule has 1 amide bonds. The van der Waals surface area contributed by atoms with Gasteiger partial charge in [-0.15, -0.1) is 0 Å². The van der Waals surface area contributed by atoms with Gasteiger partial charge in [0.05, 0.1) is 31.5 Å². The molecule has 23 heavy (non-hydrogen) atoms. The third kappa shape index (κ3) is 5.29. The van der Waals surface area contributed by atoms with Crippen LogP contribution in [-0.2, 0) is 4.79 Å². The quantitative estimate of drug-likeness (QED) is 0.890. The molecule has 2 rings (SSSR count). The molecule has 1 aliphatic rings. The molecular weight excluding hydrogens is 316 g/mol. The van der Waals surface area contributed by atoms with Gasteiger partial charge in [-0.2, -0.15) is 0 Å². The van der Waals surface area contributed by atoms with Crippen molar-refractivity contribution in [2.45, 2.75) is 32.1 Å². The van der Waals surface area contributed by atoms with Crippen LogP contribution in [0.1, 0.15) is 32.1 Å². The van der Waals surface area contributed by atoms with Crippen molar-refractivity contribution < 1.29 is 14.3 Å². The SMILES string of the molecule is COc1cc(OC)c(NC(=O)CN2CCCCCCC2)cc1Cl. The van der Waals surface area contributed by atoms with Gasteiger partial charge in [0.2, 0.25) is 5.91 Å². The van der Waals surface area contributed by atoms with Crippen LogP contribution in [0.2, 0.25) is 5.02 Å². The molecule has 1 aromatic carbocycles. The Hall–Kier alpha value is -1.46. The van der Waals surface area contributed by atoms with E-state index in [2.05, 4.69) is 10.2 Å². The normalized spacial score (nSPS) is 16.3. The summed E-state index contributed by atoms with van der Waals surface area (Å²) in [7, 11) is 3.09. The van der Waals surface area contributed by atoms with Crippen molar-refractivity contribution in [1.29, 1.82) is 0 Å². The lowest BCUT2D eigenvalue weighted by Crippen LogP contribution is -2.35. The first-order valence-corrected chi connectivity index (χ1v) is 8.45. The van der Waals surface area contributed by atoms with Gasteiger partial charge in [-0.3, -0.25) is 9.69 Å². The maximum absolute atomic E-state index is 12.3. The number of likely N-dealkylation sites (tertiary alicyclic amines) is 1. The average molecular weight is 341 g/mol. The second kappa shape index (κ2) is 8.99. The molecule has 0 radical (unpaired) electrons. The molecule has 1 fully saturated rings. The molecule has 0 aromatic heterocycles. The zero-order valence-corrected chi connectivity index (χ0v) is 14.6. The van der Waals surface area contributed by atoms with Crippen molar-refractivity contribution in [2.75, 3.05) is 39.2 Å². The minimum Gasteiger partial charge on any atom is -0.495 e. The van der Waals surface area contributed by atoms with Crippen LogP contribution < -0.4 is 14.8 Å². The number of nitrogens with one attached hydrogen (secondary N) is 1. The first-order chi connectivity index (χ1) is 11.1. The molecule has 0 atom stereocenters. The first kappa shape index (κ1) is 17.9. The summed E-state index contributed by atoms with van der Waals surface area (Å²) >= 11 is 6.13. The zero-order chi connectivity index (χ0) is 16.7. The van der Waals surface area contributed by atoms with E-state index in [1.165, 1.54) is 19.3 Å². The summed E-state index contributed by atoms with van der Waals surface area (Å²) in [5.74, 6) is 1.00. The fraction of sp³-hybridized carbons (Fsp3) is 0.588. The summed E-state index contributed by atoms with van der Waals surface area (Å²) in [4.78, 5) is 14.5. The predicted molar refractivity (Wildman–Crippen MR) is 92.7 cm³/mol. The summed E-state index contributed by atoms with van der Waals surface area (Å²) in [5, 5.41) is 3.33. The van der Waals surface area contributed by atoms with E-state index in [4.69, 9.17) is 21.1 Å². The Morgan fingerprint density at radius 2 is 1.70 bits per heavy atom. The van der Waals surface area contributed by atoms with Crippen LogP contribution in [0.5, 0.6) is 11.5 Å². The first-order valence-electron chi connectivity index (χ1n) is 8.07. The number of hydrogen-bond donors (Lipinski definition) is 1. The Morgan fingerprint density at radius 1 is 1.09 bits per heavy atom. The van der Waals surface area contributed by atoms with Gasteiger partial charge in [0.25, 0.3) is 0 Å². The Morgan fingerprint density at radius 3 is 2.30 bits per heavy atom. The van der Waals surface area contributed by atoms with Crippen LogP contribution in [-0.4, -0.2) is 44.7 Å². The summed E-state index contributed by atoms with van der Waals surface area (Å²) in [6, 6.07) is 3.33. The number of methoxy groups -OCH3 is 2. The minimum absolute atomic E-state index is 0.0508. The van der Waals surface area contributed by atoms with Gasteiger partial charge in [-0.25, -0.2) is 0 Å². The highest BCUT2D eigenvalue weighted by molar-refractivity contribution is 6.32. The number of benzene rings is 1. The second-order valence-electron chi connectivity index (χ2n) is 5.78. The van der Waals surface area contributed by atoms with Gasteiger partial charge in [0.1, 0.15) is 11.5 Å². The Balaban J connectivity index is 2.00. The number of anilines is 1. The van der Waals surface area contributed by atoms with Gasteiger partial charge < -0.3 is 14.8 Å². The van der Waals surface area contributed by atoms with E-state index in [-0.39, 0.29) is 5.91 Å². The summed E-state index contributed by atoms with van der Waals surface area (Å²) < 4.78 is 10.5. The van der Waals surface area contributed by atoms with Crippen molar-refractivity contribution in [3.05, 3.63) is 17.2 Å². The van der Waals surface area contributed by atoms with Crippen LogP contribution in [0.4, 0.5) is 5.69 Å². The average Bonchev–Trinajstić information content (AvgIpc) is 2.50. The minimum atomic E-state index is -0.0508. The highest BCUT2D eigenvalue weighted by atomic mass is 35.5. The smallest absolute Gasteiger partial charge is 0.238 e. The number of carbonyl (C=O) groups is 1. The van der Waals surface area contributed by atoms with E-state index in [9.17, 15) is 4.79 Å². The Labute approximate surface area is 142 Å². The number of halogens is 1. The van der Waals surface area contributed by atoms with E-state index in [1.807, 2.05) is 0 Å². The van der Waals surface area contributed by atoms with Gasteiger partial charge in [-0.1, -0.05) is 30.9 Å².